The van der Waals surface area contributed by atoms with E-state index in [0.717, 1.165) is 0 Å². The summed E-state index contributed by atoms with van der Waals surface area (Å²) in [6.07, 6.45) is -0.0840. The van der Waals surface area contributed by atoms with Crippen molar-refractivity contribution in [1.29, 1.82) is 0 Å². The molecule has 18 heavy (non-hydrogen) atoms. The molecule has 0 fully saturated rings. The second-order valence-electron chi connectivity index (χ2n) is 5.16. The predicted molar refractivity (Wildman–Crippen MR) is 66.9 cm³/mol. The van der Waals surface area contributed by atoms with Crippen LogP contribution in [0, 0.1) is 11.3 Å². The maximum absolute atomic E-state index is 11.8. The minimum Gasteiger partial charge on any atom is -0.481 e. The molecule has 0 aliphatic carbocycles. The summed E-state index contributed by atoms with van der Waals surface area (Å²) in [5.41, 5.74) is -1.10. The largest absolute Gasteiger partial charge is 0.481 e. The maximum Gasteiger partial charge on any atom is 0.309 e. The van der Waals surface area contributed by atoms with E-state index in [0.29, 0.717) is 0 Å². The van der Waals surface area contributed by atoms with Crippen LogP contribution in [0.2, 0.25) is 0 Å². The Labute approximate surface area is 107 Å². The van der Waals surface area contributed by atoms with E-state index in [2.05, 4.69) is 5.32 Å². The fourth-order valence-corrected chi connectivity index (χ4v) is 1.43. The van der Waals surface area contributed by atoms with E-state index in [1.165, 1.54) is 25.8 Å². The summed E-state index contributed by atoms with van der Waals surface area (Å²) in [5.74, 6) is -1.76. The van der Waals surface area contributed by atoms with Crippen molar-refractivity contribution in [3.63, 3.8) is 0 Å². The molecule has 0 saturated heterocycles. The van der Waals surface area contributed by atoms with Crippen molar-refractivity contribution in [3.8, 4) is 0 Å². The average molecular weight is 258 g/mol. The van der Waals surface area contributed by atoms with Crippen molar-refractivity contribution in [3.05, 3.63) is 0 Å². The standard InChI is InChI=1S/C12H22N2O4/c1-8(10(16)13-4)7-14(5)9(15)6-12(2,3)11(17)18/h8H,6-7H2,1-5H3,(H,13,16)(H,17,18). The van der Waals surface area contributed by atoms with Gasteiger partial charge in [0.1, 0.15) is 0 Å². The van der Waals surface area contributed by atoms with Crippen LogP contribution in [-0.2, 0) is 14.4 Å². The molecule has 1 unspecified atom stereocenters. The Hall–Kier alpha value is -1.59. The SMILES string of the molecule is CNC(=O)C(C)CN(C)C(=O)CC(C)(C)C(=O)O. The van der Waals surface area contributed by atoms with Crippen LogP contribution >= 0.6 is 0 Å². The van der Waals surface area contributed by atoms with Crippen molar-refractivity contribution in [1.82, 2.24) is 10.2 Å². The molecule has 0 saturated carbocycles. The van der Waals surface area contributed by atoms with Crippen molar-refractivity contribution in [2.45, 2.75) is 27.2 Å². The second kappa shape index (κ2) is 6.37. The zero-order chi connectivity index (χ0) is 14.5. The number of hydrogen-bond donors (Lipinski definition) is 2. The molecule has 0 aromatic rings. The second-order valence-corrected chi connectivity index (χ2v) is 5.16. The first kappa shape index (κ1) is 16.4. The van der Waals surface area contributed by atoms with Gasteiger partial charge in [0.05, 0.1) is 11.3 Å². The summed E-state index contributed by atoms with van der Waals surface area (Å²) in [7, 11) is 3.11. The molecule has 0 aliphatic rings. The Morgan fingerprint density at radius 3 is 2.22 bits per heavy atom. The van der Waals surface area contributed by atoms with Crippen LogP contribution in [-0.4, -0.2) is 48.4 Å². The zero-order valence-electron chi connectivity index (χ0n) is 11.6. The molecular formula is C12H22N2O4. The molecular weight excluding hydrogens is 236 g/mol. The Balaban J connectivity index is 4.45. The number of hydrogen-bond acceptors (Lipinski definition) is 3. The van der Waals surface area contributed by atoms with Crippen LogP contribution in [0.15, 0.2) is 0 Å². The van der Waals surface area contributed by atoms with Gasteiger partial charge in [-0.1, -0.05) is 6.92 Å². The molecule has 2 N–H and O–H groups in total. The summed E-state index contributed by atoms with van der Waals surface area (Å²) in [6.45, 7) is 4.99. The Morgan fingerprint density at radius 2 is 1.83 bits per heavy atom. The van der Waals surface area contributed by atoms with E-state index in [1.807, 2.05) is 0 Å². The van der Waals surface area contributed by atoms with Gasteiger partial charge in [-0.2, -0.15) is 0 Å². The monoisotopic (exact) mass is 258 g/mol. The van der Waals surface area contributed by atoms with Crippen LogP contribution in [0.25, 0.3) is 0 Å². The first-order chi connectivity index (χ1) is 8.11. The van der Waals surface area contributed by atoms with Crippen molar-refractivity contribution in [2.75, 3.05) is 20.6 Å². The molecule has 0 rings (SSSR count). The van der Waals surface area contributed by atoms with Crippen LogP contribution < -0.4 is 5.32 Å². The number of carboxylic acids is 1. The number of nitrogens with zero attached hydrogens (tertiary/aromatic N) is 1. The molecule has 0 bridgehead atoms. The van der Waals surface area contributed by atoms with Gasteiger partial charge in [-0.3, -0.25) is 14.4 Å². The molecule has 104 valence electrons. The third-order valence-electron chi connectivity index (χ3n) is 2.84. The number of carboxylic acid groups (broad SMARTS) is 1. The topological polar surface area (TPSA) is 86.7 Å². The first-order valence-electron chi connectivity index (χ1n) is 5.80. The van der Waals surface area contributed by atoms with Gasteiger partial charge in [0.15, 0.2) is 0 Å². The molecule has 0 heterocycles. The van der Waals surface area contributed by atoms with Gasteiger partial charge >= 0.3 is 5.97 Å². The zero-order valence-corrected chi connectivity index (χ0v) is 11.6. The lowest BCUT2D eigenvalue weighted by molar-refractivity contribution is -0.151. The summed E-state index contributed by atoms with van der Waals surface area (Å²) in [6, 6.07) is 0. The lowest BCUT2D eigenvalue weighted by Gasteiger charge is -2.25. The molecule has 0 aliphatic heterocycles. The highest BCUT2D eigenvalue weighted by Gasteiger charge is 2.31. The molecule has 0 radical (unpaired) electrons. The lowest BCUT2D eigenvalue weighted by Crippen LogP contribution is -2.40. The number of aliphatic carboxylic acids is 1. The third-order valence-corrected chi connectivity index (χ3v) is 2.84. The molecule has 6 nitrogen and oxygen atoms in total. The minimum absolute atomic E-state index is 0.0840. The Bertz CT molecular complexity index is 339. The van der Waals surface area contributed by atoms with Crippen LogP contribution in [0.4, 0.5) is 0 Å². The highest BCUT2D eigenvalue weighted by molar-refractivity contribution is 5.85. The number of nitrogens with one attached hydrogen (secondary N) is 1. The van der Waals surface area contributed by atoms with E-state index < -0.39 is 11.4 Å². The summed E-state index contributed by atoms with van der Waals surface area (Å²) < 4.78 is 0. The van der Waals surface area contributed by atoms with E-state index in [-0.39, 0.29) is 30.7 Å². The van der Waals surface area contributed by atoms with Gasteiger partial charge in [-0.05, 0) is 13.8 Å². The van der Waals surface area contributed by atoms with Gasteiger partial charge in [0.25, 0.3) is 0 Å². The fourth-order valence-electron chi connectivity index (χ4n) is 1.43. The van der Waals surface area contributed by atoms with E-state index in [4.69, 9.17) is 5.11 Å². The van der Waals surface area contributed by atoms with Gasteiger partial charge < -0.3 is 15.3 Å². The highest BCUT2D eigenvalue weighted by Crippen LogP contribution is 2.21. The quantitative estimate of drug-likeness (QED) is 0.718. The summed E-state index contributed by atoms with van der Waals surface area (Å²) in [5, 5.41) is 11.4. The first-order valence-corrected chi connectivity index (χ1v) is 5.80. The van der Waals surface area contributed by atoms with Gasteiger partial charge in [0, 0.05) is 27.1 Å². The fraction of sp³-hybridized carbons (Fsp3) is 0.750. The van der Waals surface area contributed by atoms with E-state index in [9.17, 15) is 14.4 Å². The van der Waals surface area contributed by atoms with Crippen LogP contribution in [0.1, 0.15) is 27.2 Å². The number of rotatable bonds is 6. The van der Waals surface area contributed by atoms with E-state index >= 15 is 0 Å². The Kier molecular flexibility index (Phi) is 5.81. The lowest BCUT2D eigenvalue weighted by atomic mass is 9.89. The maximum atomic E-state index is 11.8. The molecule has 0 aromatic heterocycles. The predicted octanol–water partition coefficient (Wildman–Crippen LogP) is 0.328. The average Bonchev–Trinajstić information content (AvgIpc) is 2.26. The molecule has 0 spiro atoms. The van der Waals surface area contributed by atoms with Crippen molar-refractivity contribution >= 4 is 17.8 Å². The number of amides is 2. The number of carbonyl (C=O) groups is 3. The van der Waals surface area contributed by atoms with Gasteiger partial charge in [-0.15, -0.1) is 0 Å². The van der Waals surface area contributed by atoms with Crippen LogP contribution in [0.5, 0.6) is 0 Å². The molecule has 1 atom stereocenters. The third kappa shape index (κ3) is 4.73. The van der Waals surface area contributed by atoms with Gasteiger partial charge in [-0.25, -0.2) is 0 Å². The molecule has 2 amide bonds. The smallest absolute Gasteiger partial charge is 0.309 e. The van der Waals surface area contributed by atoms with Gasteiger partial charge in [0.2, 0.25) is 11.8 Å². The Morgan fingerprint density at radius 1 is 1.33 bits per heavy atom. The normalized spacial score (nSPS) is 12.7. The molecule has 6 heteroatoms. The molecule has 0 aromatic carbocycles. The summed E-state index contributed by atoms with van der Waals surface area (Å²) in [4.78, 5) is 35.5. The number of carbonyl (C=O) groups excluding carboxylic acids is 2. The minimum atomic E-state index is -1.10. The summed E-state index contributed by atoms with van der Waals surface area (Å²) >= 11 is 0. The van der Waals surface area contributed by atoms with Crippen molar-refractivity contribution < 1.29 is 19.5 Å². The van der Waals surface area contributed by atoms with Crippen LogP contribution in [0.3, 0.4) is 0 Å². The highest BCUT2D eigenvalue weighted by atomic mass is 16.4. The van der Waals surface area contributed by atoms with Crippen molar-refractivity contribution in [2.24, 2.45) is 11.3 Å². The van der Waals surface area contributed by atoms with E-state index in [1.54, 1.807) is 14.0 Å².